The molecular weight excluding hydrogens is 390 g/mol. The quantitative estimate of drug-likeness (QED) is 0.677. The van der Waals surface area contributed by atoms with Gasteiger partial charge in [-0.2, -0.15) is 0 Å². The number of imidazole rings is 1. The first-order valence-electron chi connectivity index (χ1n) is 10.4. The molecule has 1 aromatic heterocycles. The summed E-state index contributed by atoms with van der Waals surface area (Å²) in [5.41, 5.74) is 2.20. The van der Waals surface area contributed by atoms with E-state index in [4.69, 9.17) is 16.3 Å². The fourth-order valence-corrected chi connectivity index (χ4v) is 5.33. The zero-order valence-electron chi connectivity index (χ0n) is 16.4. The Kier molecular flexibility index (Phi) is 4.62. The van der Waals surface area contributed by atoms with E-state index in [-0.39, 0.29) is 24.0 Å². The third kappa shape index (κ3) is 3.05. The first kappa shape index (κ1) is 18.7. The zero-order chi connectivity index (χ0) is 20.1. The fraction of sp³-hybridized carbons (Fsp3) is 0.500. The molecule has 5 rings (SSSR count). The minimum atomic E-state index is -0.386. The summed E-state index contributed by atoms with van der Waals surface area (Å²) in [6.45, 7) is 2.85. The highest BCUT2D eigenvalue weighted by Gasteiger charge is 2.41. The van der Waals surface area contributed by atoms with E-state index in [1.807, 2.05) is 21.6 Å². The number of rotatable bonds is 2. The Balaban J connectivity index is 1.57. The highest BCUT2D eigenvalue weighted by molar-refractivity contribution is 6.34. The molecule has 2 fully saturated rings. The SMILES string of the molecule is C[C@H]1CCC[C@H](OC(=O)c2ncn3c2[C@@H]2CCCN2C(=O)c2c(Cl)cccc2-3)C1. The topological polar surface area (TPSA) is 64.4 Å². The molecule has 3 aliphatic rings. The number of hydrogen-bond acceptors (Lipinski definition) is 4. The van der Waals surface area contributed by atoms with Crippen LogP contribution in [0.4, 0.5) is 0 Å². The minimum Gasteiger partial charge on any atom is -0.458 e. The molecular formula is C22H24ClN3O3. The van der Waals surface area contributed by atoms with Crippen molar-refractivity contribution in [2.75, 3.05) is 6.54 Å². The van der Waals surface area contributed by atoms with Gasteiger partial charge in [0.05, 0.1) is 28.0 Å². The minimum absolute atomic E-state index is 0.0579. The molecule has 6 nitrogen and oxygen atoms in total. The smallest absolute Gasteiger partial charge is 0.359 e. The first-order chi connectivity index (χ1) is 14.0. The second-order valence-electron chi connectivity index (χ2n) is 8.44. The summed E-state index contributed by atoms with van der Waals surface area (Å²) in [6, 6.07) is 5.20. The maximum absolute atomic E-state index is 13.2. The lowest BCUT2D eigenvalue weighted by atomic mass is 9.89. The van der Waals surface area contributed by atoms with Crippen molar-refractivity contribution in [3.05, 3.63) is 46.5 Å². The van der Waals surface area contributed by atoms with Crippen molar-refractivity contribution in [1.82, 2.24) is 14.5 Å². The average Bonchev–Trinajstić information content (AvgIpc) is 3.32. The predicted octanol–water partition coefficient (Wildman–Crippen LogP) is 4.55. The molecule has 7 heteroatoms. The molecule has 29 heavy (non-hydrogen) atoms. The van der Waals surface area contributed by atoms with Crippen molar-refractivity contribution in [2.45, 2.75) is 57.6 Å². The highest BCUT2D eigenvalue weighted by Crippen LogP contribution is 2.41. The Morgan fingerprint density at radius 1 is 1.24 bits per heavy atom. The van der Waals surface area contributed by atoms with Crippen LogP contribution in [0.15, 0.2) is 24.5 Å². The van der Waals surface area contributed by atoms with Crippen molar-refractivity contribution < 1.29 is 14.3 Å². The maximum Gasteiger partial charge on any atom is 0.359 e. The lowest BCUT2D eigenvalue weighted by Crippen LogP contribution is -2.31. The van der Waals surface area contributed by atoms with Gasteiger partial charge in [-0.1, -0.05) is 31.0 Å². The third-order valence-corrected chi connectivity index (χ3v) is 6.77. The van der Waals surface area contributed by atoms with Crippen molar-refractivity contribution in [3.63, 3.8) is 0 Å². The molecule has 2 aromatic rings. The van der Waals surface area contributed by atoms with Crippen LogP contribution < -0.4 is 0 Å². The number of fused-ring (bicyclic) bond motifs is 5. The number of amides is 1. The average molecular weight is 414 g/mol. The summed E-state index contributed by atoms with van der Waals surface area (Å²) < 4.78 is 7.71. The lowest BCUT2D eigenvalue weighted by molar-refractivity contribution is 0.0145. The third-order valence-electron chi connectivity index (χ3n) is 6.45. The van der Waals surface area contributed by atoms with Gasteiger partial charge >= 0.3 is 5.97 Å². The van der Waals surface area contributed by atoms with Gasteiger partial charge < -0.3 is 9.64 Å². The van der Waals surface area contributed by atoms with Gasteiger partial charge in [-0.05, 0) is 50.2 Å². The summed E-state index contributed by atoms with van der Waals surface area (Å²) >= 11 is 6.41. The Morgan fingerprint density at radius 3 is 2.93 bits per heavy atom. The van der Waals surface area contributed by atoms with Gasteiger partial charge in [-0.15, -0.1) is 0 Å². The maximum atomic E-state index is 13.2. The molecule has 1 saturated heterocycles. The largest absolute Gasteiger partial charge is 0.458 e. The lowest BCUT2D eigenvalue weighted by Gasteiger charge is -2.27. The monoisotopic (exact) mass is 413 g/mol. The number of ether oxygens (including phenoxy) is 1. The van der Waals surface area contributed by atoms with E-state index < -0.39 is 0 Å². The van der Waals surface area contributed by atoms with E-state index in [9.17, 15) is 9.59 Å². The number of benzene rings is 1. The molecule has 152 valence electrons. The van der Waals surface area contributed by atoms with Crippen LogP contribution in [0.25, 0.3) is 5.69 Å². The van der Waals surface area contributed by atoms with Gasteiger partial charge in [0, 0.05) is 6.54 Å². The Hall–Kier alpha value is -2.34. The number of halogens is 1. The molecule has 0 unspecified atom stereocenters. The van der Waals surface area contributed by atoms with Crippen molar-refractivity contribution in [1.29, 1.82) is 0 Å². The van der Waals surface area contributed by atoms with Gasteiger partial charge in [0.25, 0.3) is 5.91 Å². The molecule has 0 N–H and O–H groups in total. The van der Waals surface area contributed by atoms with Crippen molar-refractivity contribution in [2.24, 2.45) is 5.92 Å². The summed E-state index contributed by atoms with van der Waals surface area (Å²) in [5, 5.41) is 0.417. The summed E-state index contributed by atoms with van der Waals surface area (Å²) in [7, 11) is 0. The standard InChI is InChI=1S/C22H24ClN3O3/c1-13-5-2-6-14(11-13)29-22(28)19-20-17-9-4-10-25(17)21(27)18-15(23)7-3-8-16(18)26(20)12-24-19/h3,7-8,12-14,17H,2,4-6,9-11H2,1H3/t13-,14-,17-/m0/s1. The number of hydrogen-bond donors (Lipinski definition) is 0. The molecule has 0 spiro atoms. The summed E-state index contributed by atoms with van der Waals surface area (Å²) in [5.74, 6) is 0.0949. The number of carbonyl (C=O) groups excluding carboxylic acids is 2. The first-order valence-corrected chi connectivity index (χ1v) is 10.8. The molecule has 3 heterocycles. The van der Waals surface area contributed by atoms with Crippen LogP contribution >= 0.6 is 11.6 Å². The normalized spacial score (nSPS) is 25.8. The van der Waals surface area contributed by atoms with Crippen LogP contribution in [0.2, 0.25) is 5.02 Å². The fourth-order valence-electron chi connectivity index (χ4n) is 5.08. The molecule has 0 radical (unpaired) electrons. The Morgan fingerprint density at radius 2 is 2.10 bits per heavy atom. The van der Waals surface area contributed by atoms with E-state index in [1.165, 1.54) is 6.42 Å². The molecule has 1 aliphatic carbocycles. The molecule has 1 aromatic carbocycles. The molecule has 1 amide bonds. The van der Waals surface area contributed by atoms with Crippen LogP contribution in [0.3, 0.4) is 0 Å². The van der Waals surface area contributed by atoms with Crippen LogP contribution in [0.1, 0.15) is 78.0 Å². The van der Waals surface area contributed by atoms with Crippen LogP contribution in [-0.2, 0) is 4.74 Å². The second kappa shape index (κ2) is 7.17. The van der Waals surface area contributed by atoms with Crippen LogP contribution in [-0.4, -0.2) is 39.0 Å². The predicted molar refractivity (Wildman–Crippen MR) is 108 cm³/mol. The number of esters is 1. The zero-order valence-corrected chi connectivity index (χ0v) is 17.2. The molecule has 3 atom stereocenters. The van der Waals surface area contributed by atoms with Gasteiger partial charge in [0.2, 0.25) is 0 Å². The summed E-state index contributed by atoms with van der Waals surface area (Å²) in [6.07, 6.45) is 7.31. The van der Waals surface area contributed by atoms with E-state index in [2.05, 4.69) is 11.9 Å². The number of nitrogens with zero attached hydrogens (tertiary/aromatic N) is 3. The van der Waals surface area contributed by atoms with E-state index >= 15 is 0 Å². The van der Waals surface area contributed by atoms with Gasteiger partial charge in [-0.25, -0.2) is 9.78 Å². The molecule has 1 saturated carbocycles. The number of aromatic nitrogens is 2. The van der Waals surface area contributed by atoms with Crippen molar-refractivity contribution >= 4 is 23.5 Å². The van der Waals surface area contributed by atoms with Gasteiger partial charge in [0.15, 0.2) is 5.69 Å². The van der Waals surface area contributed by atoms with E-state index in [1.54, 1.807) is 12.4 Å². The number of carbonyl (C=O) groups is 2. The Labute approximate surface area is 174 Å². The van der Waals surface area contributed by atoms with Gasteiger partial charge in [0.1, 0.15) is 12.4 Å². The second-order valence-corrected chi connectivity index (χ2v) is 8.85. The van der Waals surface area contributed by atoms with E-state index in [0.29, 0.717) is 34.4 Å². The van der Waals surface area contributed by atoms with Crippen molar-refractivity contribution in [3.8, 4) is 5.69 Å². The van der Waals surface area contributed by atoms with E-state index in [0.717, 1.165) is 37.8 Å². The van der Waals surface area contributed by atoms with Crippen LogP contribution in [0, 0.1) is 5.92 Å². The molecule has 0 bridgehead atoms. The highest BCUT2D eigenvalue weighted by atomic mass is 35.5. The molecule has 2 aliphatic heterocycles. The van der Waals surface area contributed by atoms with Gasteiger partial charge in [-0.3, -0.25) is 9.36 Å². The summed E-state index contributed by atoms with van der Waals surface area (Å²) in [4.78, 5) is 32.6. The Bertz CT molecular complexity index is 986. The van der Waals surface area contributed by atoms with Crippen LogP contribution in [0.5, 0.6) is 0 Å².